The predicted molar refractivity (Wildman–Crippen MR) is 72.9 cm³/mol. The molecular formula is C14H20O3S. The van der Waals surface area contributed by atoms with E-state index in [9.17, 15) is 8.42 Å². The molecule has 0 saturated carbocycles. The fraction of sp³-hybridized carbons (Fsp3) is 0.643. The van der Waals surface area contributed by atoms with Crippen molar-refractivity contribution in [1.29, 1.82) is 0 Å². The van der Waals surface area contributed by atoms with Gasteiger partial charge in [0, 0.05) is 5.92 Å². The largest absolute Gasteiger partial charge is 0.488 e. The van der Waals surface area contributed by atoms with Crippen molar-refractivity contribution in [2.24, 2.45) is 5.92 Å². The smallest absolute Gasteiger partial charge is 0.218 e. The molecule has 0 aromatic heterocycles. The molecule has 3 nitrogen and oxygen atoms in total. The average Bonchev–Trinajstić information content (AvgIpc) is 2.24. The van der Waals surface area contributed by atoms with Crippen molar-refractivity contribution in [3.05, 3.63) is 22.5 Å². The Kier molecular flexibility index (Phi) is 3.18. The third kappa shape index (κ3) is 2.03. The maximum absolute atomic E-state index is 11.4. The van der Waals surface area contributed by atoms with Crippen LogP contribution in [0.5, 0.6) is 0 Å². The van der Waals surface area contributed by atoms with Crippen LogP contribution in [0.15, 0.2) is 22.5 Å². The molecule has 2 rings (SSSR count). The maximum atomic E-state index is 11.4. The highest BCUT2D eigenvalue weighted by atomic mass is 32.2. The van der Waals surface area contributed by atoms with Crippen LogP contribution in [0, 0.1) is 5.92 Å². The molecule has 0 radical (unpaired) electrons. The van der Waals surface area contributed by atoms with Crippen molar-refractivity contribution < 1.29 is 13.2 Å². The van der Waals surface area contributed by atoms with Crippen molar-refractivity contribution in [2.75, 3.05) is 0 Å². The number of hydrogen-bond donors (Lipinski definition) is 0. The molecular weight excluding hydrogens is 248 g/mol. The van der Waals surface area contributed by atoms with Crippen LogP contribution in [-0.2, 0) is 15.0 Å². The standard InChI is InChI=1S/C14H20O3S/c1-8-9(2)13(18(15)16)10(3)11-6-7-14(4,5)17-12(8)11/h9H,6-7H2,1-5H3. The fourth-order valence-corrected chi connectivity index (χ4v) is 3.58. The summed E-state index contributed by atoms with van der Waals surface area (Å²) in [5.74, 6) is 0.835. The van der Waals surface area contributed by atoms with Crippen LogP contribution in [0.1, 0.15) is 47.5 Å². The van der Waals surface area contributed by atoms with Crippen LogP contribution in [-0.4, -0.2) is 18.9 Å². The zero-order valence-corrected chi connectivity index (χ0v) is 12.4. The Labute approximate surface area is 110 Å². The molecule has 0 spiro atoms. The number of ether oxygens (including phenoxy) is 1. The lowest BCUT2D eigenvalue weighted by molar-refractivity contribution is 0.0125. The summed E-state index contributed by atoms with van der Waals surface area (Å²) in [6.45, 7) is 9.95. The molecule has 1 aliphatic carbocycles. The van der Waals surface area contributed by atoms with E-state index >= 15 is 0 Å². The van der Waals surface area contributed by atoms with Gasteiger partial charge in [0.1, 0.15) is 11.4 Å². The second kappa shape index (κ2) is 4.26. The summed E-state index contributed by atoms with van der Waals surface area (Å²) in [5.41, 5.74) is 2.83. The van der Waals surface area contributed by atoms with E-state index in [0.29, 0.717) is 4.86 Å². The van der Waals surface area contributed by atoms with Crippen LogP contribution in [0.2, 0.25) is 0 Å². The lowest BCUT2D eigenvalue weighted by atomic mass is 9.80. The molecule has 1 heterocycles. The van der Waals surface area contributed by atoms with Crippen molar-refractivity contribution in [2.45, 2.75) is 53.1 Å². The Morgan fingerprint density at radius 2 is 1.89 bits per heavy atom. The normalized spacial score (nSPS) is 26.9. The Hall–Kier alpha value is -1.03. The first-order valence-corrected chi connectivity index (χ1v) is 7.38. The summed E-state index contributed by atoms with van der Waals surface area (Å²) in [5, 5.41) is 0. The van der Waals surface area contributed by atoms with Crippen LogP contribution in [0.3, 0.4) is 0 Å². The van der Waals surface area contributed by atoms with Crippen molar-refractivity contribution in [3.63, 3.8) is 0 Å². The molecule has 0 aromatic carbocycles. The fourth-order valence-electron chi connectivity index (χ4n) is 2.74. The van der Waals surface area contributed by atoms with Crippen LogP contribution in [0.25, 0.3) is 0 Å². The van der Waals surface area contributed by atoms with Gasteiger partial charge in [0.15, 0.2) is 0 Å². The van der Waals surface area contributed by atoms with Gasteiger partial charge in [0.2, 0.25) is 10.3 Å². The highest BCUT2D eigenvalue weighted by Crippen LogP contribution is 2.42. The summed E-state index contributed by atoms with van der Waals surface area (Å²) in [7, 11) is -2.15. The topological polar surface area (TPSA) is 43.4 Å². The molecule has 1 fully saturated rings. The van der Waals surface area contributed by atoms with Gasteiger partial charge in [0.25, 0.3) is 0 Å². The highest BCUT2D eigenvalue weighted by molar-refractivity contribution is 7.73. The maximum Gasteiger partial charge on any atom is 0.218 e. The molecule has 0 bridgehead atoms. The zero-order chi connectivity index (χ0) is 13.7. The summed E-state index contributed by atoms with van der Waals surface area (Å²) in [6.07, 6.45) is 1.81. The minimum absolute atomic E-state index is 0.0871. The molecule has 0 amide bonds. The quantitative estimate of drug-likeness (QED) is 0.634. The Morgan fingerprint density at radius 1 is 1.28 bits per heavy atom. The molecule has 1 unspecified atom stereocenters. The third-order valence-electron chi connectivity index (χ3n) is 4.03. The summed E-state index contributed by atoms with van der Waals surface area (Å²) in [6, 6.07) is 0. The SMILES string of the molecule is CC1=C2CCC(C)(C)OC2=C(C)C(C)C1=S(=O)=O. The van der Waals surface area contributed by atoms with Gasteiger partial charge in [-0.1, -0.05) is 6.92 Å². The Bertz CT molecular complexity index is 581. The van der Waals surface area contributed by atoms with E-state index in [2.05, 4.69) is 13.8 Å². The van der Waals surface area contributed by atoms with E-state index in [-0.39, 0.29) is 11.5 Å². The van der Waals surface area contributed by atoms with E-state index in [1.165, 1.54) is 0 Å². The third-order valence-corrected chi connectivity index (χ3v) is 5.05. The molecule has 1 saturated heterocycles. The molecule has 2 aliphatic rings. The van der Waals surface area contributed by atoms with E-state index in [1.807, 2.05) is 20.8 Å². The number of allylic oxidation sites excluding steroid dienone is 3. The molecule has 1 aliphatic heterocycles. The van der Waals surface area contributed by atoms with Gasteiger partial charge in [-0.2, -0.15) is 8.42 Å². The number of rotatable bonds is 0. The predicted octanol–water partition coefficient (Wildman–Crippen LogP) is 2.87. The lowest BCUT2D eigenvalue weighted by Gasteiger charge is -2.39. The molecule has 18 heavy (non-hydrogen) atoms. The Morgan fingerprint density at radius 3 is 2.44 bits per heavy atom. The van der Waals surface area contributed by atoms with Crippen LogP contribution < -0.4 is 0 Å². The van der Waals surface area contributed by atoms with Crippen molar-refractivity contribution in [3.8, 4) is 0 Å². The lowest BCUT2D eigenvalue weighted by Crippen LogP contribution is -2.34. The second-order valence-corrected chi connectivity index (χ2v) is 6.71. The summed E-state index contributed by atoms with van der Waals surface area (Å²) in [4.78, 5) is 0.523. The zero-order valence-electron chi connectivity index (χ0n) is 11.6. The van der Waals surface area contributed by atoms with Gasteiger partial charge in [-0.3, -0.25) is 0 Å². The monoisotopic (exact) mass is 268 g/mol. The first-order valence-electron chi connectivity index (χ1n) is 6.31. The minimum Gasteiger partial charge on any atom is -0.488 e. The van der Waals surface area contributed by atoms with Crippen molar-refractivity contribution in [1.82, 2.24) is 0 Å². The first kappa shape index (κ1) is 13.4. The number of hydrogen-bond acceptors (Lipinski definition) is 3. The summed E-state index contributed by atoms with van der Waals surface area (Å²) < 4.78 is 28.8. The molecule has 100 valence electrons. The Balaban J connectivity index is 2.64. The first-order chi connectivity index (χ1) is 8.24. The number of fused-ring (bicyclic) bond motifs is 1. The van der Waals surface area contributed by atoms with E-state index in [0.717, 1.165) is 35.3 Å². The molecule has 1 atom stereocenters. The highest BCUT2D eigenvalue weighted by Gasteiger charge is 2.36. The van der Waals surface area contributed by atoms with Crippen LogP contribution >= 0.6 is 0 Å². The van der Waals surface area contributed by atoms with Gasteiger partial charge >= 0.3 is 0 Å². The summed E-state index contributed by atoms with van der Waals surface area (Å²) >= 11 is 0. The van der Waals surface area contributed by atoms with Gasteiger partial charge in [-0.25, -0.2) is 0 Å². The molecule has 4 heteroatoms. The van der Waals surface area contributed by atoms with Gasteiger partial charge in [0.05, 0.1) is 4.86 Å². The molecule has 0 aromatic rings. The van der Waals surface area contributed by atoms with E-state index < -0.39 is 10.3 Å². The average molecular weight is 268 g/mol. The van der Waals surface area contributed by atoms with Crippen molar-refractivity contribution >= 4 is 15.2 Å². The second-order valence-electron chi connectivity index (χ2n) is 5.80. The minimum atomic E-state index is -2.15. The van der Waals surface area contributed by atoms with E-state index in [4.69, 9.17) is 4.74 Å². The van der Waals surface area contributed by atoms with Gasteiger partial charge < -0.3 is 4.74 Å². The molecule has 0 N–H and O–H groups in total. The van der Waals surface area contributed by atoms with Gasteiger partial charge in [-0.15, -0.1) is 0 Å². The van der Waals surface area contributed by atoms with Gasteiger partial charge in [-0.05, 0) is 57.3 Å². The van der Waals surface area contributed by atoms with Crippen LogP contribution in [0.4, 0.5) is 0 Å². The van der Waals surface area contributed by atoms with E-state index in [1.54, 1.807) is 0 Å².